The van der Waals surface area contributed by atoms with Crippen LogP contribution >= 0.6 is 0 Å². The minimum absolute atomic E-state index is 0.119. The number of carbonyl (C=O) groups is 1. The lowest BCUT2D eigenvalue weighted by molar-refractivity contribution is 0.133. The quantitative estimate of drug-likeness (QED) is 0.799. The third-order valence-corrected chi connectivity index (χ3v) is 4.76. The van der Waals surface area contributed by atoms with Crippen LogP contribution in [0.25, 0.3) is 0 Å². The molecular formula is C17H24FN3O2. The number of amides is 2. The number of hydrogen-bond donors (Lipinski definition) is 3. The Morgan fingerprint density at radius 1 is 1.22 bits per heavy atom. The van der Waals surface area contributed by atoms with E-state index >= 15 is 0 Å². The Morgan fingerprint density at radius 2 is 2.00 bits per heavy atom. The van der Waals surface area contributed by atoms with Crippen LogP contribution in [0.3, 0.4) is 0 Å². The van der Waals surface area contributed by atoms with Crippen LogP contribution in [0.5, 0.6) is 0 Å². The van der Waals surface area contributed by atoms with E-state index in [2.05, 4.69) is 15.5 Å². The van der Waals surface area contributed by atoms with Crippen LogP contribution < -0.4 is 15.5 Å². The summed E-state index contributed by atoms with van der Waals surface area (Å²) in [5, 5.41) is 15.2. The average Bonchev–Trinajstić information content (AvgIpc) is 3.16. The normalized spacial score (nSPS) is 24.0. The molecule has 2 amide bonds. The van der Waals surface area contributed by atoms with Gasteiger partial charge in [0.05, 0.1) is 6.10 Å². The molecule has 0 spiro atoms. The zero-order valence-corrected chi connectivity index (χ0v) is 13.2. The summed E-state index contributed by atoms with van der Waals surface area (Å²) in [6.07, 6.45) is 4.63. The minimum Gasteiger partial charge on any atom is -0.393 e. The van der Waals surface area contributed by atoms with Crippen molar-refractivity contribution in [3.8, 4) is 0 Å². The molecule has 0 bridgehead atoms. The van der Waals surface area contributed by atoms with Crippen LogP contribution in [0.4, 0.5) is 20.6 Å². The van der Waals surface area contributed by atoms with Crippen LogP contribution in [0.15, 0.2) is 18.2 Å². The van der Waals surface area contributed by atoms with Gasteiger partial charge in [-0.3, -0.25) is 0 Å². The van der Waals surface area contributed by atoms with Crippen LogP contribution in [0, 0.1) is 11.7 Å². The van der Waals surface area contributed by atoms with Gasteiger partial charge < -0.3 is 20.6 Å². The number of urea groups is 1. The van der Waals surface area contributed by atoms with E-state index in [1.165, 1.54) is 12.1 Å². The highest BCUT2D eigenvalue weighted by Crippen LogP contribution is 2.26. The maximum Gasteiger partial charge on any atom is 0.319 e. The molecule has 3 rings (SSSR count). The number of carbonyl (C=O) groups excluding carboxylic acids is 1. The summed E-state index contributed by atoms with van der Waals surface area (Å²) >= 11 is 0. The number of nitrogens with one attached hydrogen (secondary N) is 2. The van der Waals surface area contributed by atoms with Gasteiger partial charge in [0.15, 0.2) is 0 Å². The topological polar surface area (TPSA) is 64.6 Å². The number of anilines is 2. The highest BCUT2D eigenvalue weighted by atomic mass is 19.1. The summed E-state index contributed by atoms with van der Waals surface area (Å²) in [6.45, 7) is 2.30. The molecule has 126 valence electrons. The Balaban J connectivity index is 1.57. The predicted octanol–water partition coefficient (Wildman–Crippen LogP) is 2.71. The van der Waals surface area contributed by atoms with Crippen molar-refractivity contribution in [3.05, 3.63) is 24.0 Å². The largest absolute Gasteiger partial charge is 0.393 e. The van der Waals surface area contributed by atoms with E-state index in [0.717, 1.165) is 50.9 Å². The molecule has 1 aromatic carbocycles. The predicted molar refractivity (Wildman–Crippen MR) is 88.2 cm³/mol. The first-order valence-electron chi connectivity index (χ1n) is 8.40. The molecule has 2 aliphatic rings. The summed E-state index contributed by atoms with van der Waals surface area (Å²) in [5.74, 6) is -0.232. The Labute approximate surface area is 135 Å². The van der Waals surface area contributed by atoms with Crippen LogP contribution in [0.2, 0.25) is 0 Å². The first kappa shape index (κ1) is 16.1. The lowest BCUT2D eigenvalue weighted by atomic mass is 10.1. The lowest BCUT2D eigenvalue weighted by Gasteiger charge is -2.19. The average molecular weight is 321 g/mol. The van der Waals surface area contributed by atoms with Gasteiger partial charge in [-0.1, -0.05) is 6.42 Å². The molecule has 0 aromatic heterocycles. The Bertz CT molecular complexity index is 561. The zero-order chi connectivity index (χ0) is 16.2. The first-order chi connectivity index (χ1) is 11.1. The molecule has 6 heteroatoms. The standard InChI is InChI=1S/C17H24FN3O2/c18-13-8-14(10-15(9-13)21-6-1-2-7-21)20-17(23)19-11-12-4-3-5-16(12)22/h8-10,12,16,22H,1-7,11H2,(H2,19,20,23). The summed E-state index contributed by atoms with van der Waals surface area (Å²) in [7, 11) is 0. The molecule has 2 unspecified atom stereocenters. The summed E-state index contributed by atoms with van der Waals surface area (Å²) < 4.78 is 13.8. The second-order valence-corrected chi connectivity index (χ2v) is 6.49. The first-order valence-corrected chi connectivity index (χ1v) is 8.40. The maximum absolute atomic E-state index is 13.8. The van der Waals surface area contributed by atoms with Gasteiger partial charge in [-0.2, -0.15) is 0 Å². The van der Waals surface area contributed by atoms with E-state index in [1.807, 2.05) is 0 Å². The fourth-order valence-electron chi connectivity index (χ4n) is 3.46. The molecular weight excluding hydrogens is 297 g/mol. The van der Waals surface area contributed by atoms with Gasteiger partial charge in [-0.05, 0) is 43.9 Å². The molecule has 5 nitrogen and oxygen atoms in total. The van der Waals surface area contributed by atoms with Gasteiger partial charge in [-0.15, -0.1) is 0 Å². The SMILES string of the molecule is O=C(NCC1CCCC1O)Nc1cc(F)cc(N2CCCC2)c1. The van der Waals surface area contributed by atoms with Gasteiger partial charge in [-0.25, -0.2) is 9.18 Å². The van der Waals surface area contributed by atoms with Crippen molar-refractivity contribution >= 4 is 17.4 Å². The Hall–Kier alpha value is -1.82. The number of benzene rings is 1. The monoisotopic (exact) mass is 321 g/mol. The molecule has 2 fully saturated rings. The van der Waals surface area contributed by atoms with E-state index in [9.17, 15) is 14.3 Å². The number of halogens is 1. The highest BCUT2D eigenvalue weighted by Gasteiger charge is 2.25. The molecule has 2 atom stereocenters. The third-order valence-electron chi connectivity index (χ3n) is 4.76. The van der Waals surface area contributed by atoms with Crippen molar-refractivity contribution in [2.75, 3.05) is 29.9 Å². The van der Waals surface area contributed by atoms with Crippen molar-refractivity contribution in [1.29, 1.82) is 0 Å². The van der Waals surface area contributed by atoms with Gasteiger partial charge >= 0.3 is 6.03 Å². The van der Waals surface area contributed by atoms with Gasteiger partial charge in [0.2, 0.25) is 0 Å². The van der Waals surface area contributed by atoms with Gasteiger partial charge in [0, 0.05) is 36.9 Å². The smallest absolute Gasteiger partial charge is 0.319 e. The number of hydrogen-bond acceptors (Lipinski definition) is 3. The van der Waals surface area contributed by atoms with E-state index in [0.29, 0.717) is 12.2 Å². The fourth-order valence-corrected chi connectivity index (χ4v) is 3.46. The number of rotatable bonds is 4. The molecule has 1 aliphatic heterocycles. The van der Waals surface area contributed by atoms with Crippen molar-refractivity contribution in [2.24, 2.45) is 5.92 Å². The van der Waals surface area contributed by atoms with Crippen molar-refractivity contribution in [1.82, 2.24) is 5.32 Å². The second-order valence-electron chi connectivity index (χ2n) is 6.49. The molecule has 1 aromatic rings. The molecule has 0 radical (unpaired) electrons. The Kier molecular flexibility index (Phi) is 5.00. The minimum atomic E-state index is -0.359. The van der Waals surface area contributed by atoms with Crippen molar-refractivity contribution < 1.29 is 14.3 Å². The van der Waals surface area contributed by atoms with E-state index < -0.39 is 0 Å². The molecule has 23 heavy (non-hydrogen) atoms. The molecule has 1 saturated carbocycles. The number of aliphatic hydroxyl groups excluding tert-OH is 1. The Morgan fingerprint density at radius 3 is 2.70 bits per heavy atom. The van der Waals surface area contributed by atoms with Crippen LogP contribution in [-0.4, -0.2) is 36.9 Å². The fraction of sp³-hybridized carbons (Fsp3) is 0.588. The van der Waals surface area contributed by atoms with E-state index in [1.54, 1.807) is 6.07 Å². The molecule has 3 N–H and O–H groups in total. The molecule has 1 aliphatic carbocycles. The highest BCUT2D eigenvalue weighted by molar-refractivity contribution is 5.89. The van der Waals surface area contributed by atoms with Crippen LogP contribution in [-0.2, 0) is 0 Å². The third kappa shape index (κ3) is 4.13. The summed E-state index contributed by atoms with van der Waals surface area (Å²) in [6, 6.07) is 4.27. The van der Waals surface area contributed by atoms with Crippen molar-refractivity contribution in [2.45, 2.75) is 38.2 Å². The molecule has 1 heterocycles. The van der Waals surface area contributed by atoms with E-state index in [-0.39, 0.29) is 23.9 Å². The van der Waals surface area contributed by atoms with Gasteiger partial charge in [0.1, 0.15) is 5.82 Å². The van der Waals surface area contributed by atoms with E-state index in [4.69, 9.17) is 0 Å². The van der Waals surface area contributed by atoms with Crippen LogP contribution in [0.1, 0.15) is 32.1 Å². The zero-order valence-electron chi connectivity index (χ0n) is 13.2. The summed E-state index contributed by atoms with van der Waals surface area (Å²) in [4.78, 5) is 14.1. The second kappa shape index (κ2) is 7.17. The van der Waals surface area contributed by atoms with Crippen molar-refractivity contribution in [3.63, 3.8) is 0 Å². The maximum atomic E-state index is 13.8. The number of aliphatic hydroxyl groups is 1. The number of nitrogens with zero attached hydrogens (tertiary/aromatic N) is 1. The lowest BCUT2D eigenvalue weighted by Crippen LogP contribution is -2.35. The summed E-state index contributed by atoms with van der Waals surface area (Å²) in [5.41, 5.74) is 1.26. The molecule has 1 saturated heterocycles. The van der Waals surface area contributed by atoms with Gasteiger partial charge in [0.25, 0.3) is 0 Å².